The lowest BCUT2D eigenvalue weighted by Crippen LogP contribution is -2.42. The Labute approximate surface area is 217 Å². The van der Waals surface area contributed by atoms with E-state index >= 15 is 0 Å². The summed E-state index contributed by atoms with van der Waals surface area (Å²) in [5, 5.41) is 17.3. The number of aliphatic carboxylic acids is 1. The Kier molecular flexibility index (Phi) is 8.42. The lowest BCUT2D eigenvalue weighted by Gasteiger charge is -2.33. The number of fused-ring (bicyclic) bond motifs is 2. The van der Waals surface area contributed by atoms with Gasteiger partial charge in [-0.1, -0.05) is 18.2 Å². The molecular formula is C28H36N6O3. The zero-order valence-corrected chi connectivity index (χ0v) is 21.2. The quantitative estimate of drug-likeness (QED) is 0.300. The van der Waals surface area contributed by atoms with Gasteiger partial charge < -0.3 is 25.4 Å². The van der Waals surface area contributed by atoms with E-state index in [0.29, 0.717) is 18.8 Å². The second-order valence-corrected chi connectivity index (χ2v) is 9.94. The van der Waals surface area contributed by atoms with Crippen LogP contribution in [0.2, 0.25) is 0 Å². The molecule has 4 heterocycles. The van der Waals surface area contributed by atoms with Crippen LogP contribution in [0.1, 0.15) is 43.4 Å². The minimum absolute atomic E-state index is 0.246. The predicted molar refractivity (Wildman–Crippen MR) is 144 cm³/mol. The van der Waals surface area contributed by atoms with Gasteiger partial charge in [0.25, 0.3) is 0 Å². The van der Waals surface area contributed by atoms with Crippen molar-refractivity contribution in [1.29, 1.82) is 0 Å². The summed E-state index contributed by atoms with van der Waals surface area (Å²) in [6.45, 7) is 4.24. The molecule has 0 saturated carbocycles. The van der Waals surface area contributed by atoms with Crippen molar-refractivity contribution in [3.05, 3.63) is 54.0 Å². The predicted octanol–water partition coefficient (Wildman–Crippen LogP) is 3.75. The summed E-state index contributed by atoms with van der Waals surface area (Å²) < 4.78 is 5.68. The molecule has 1 aromatic carbocycles. The number of carbonyl (C=O) groups is 1. The number of rotatable bonds is 13. The normalized spacial score (nSPS) is 17.6. The second kappa shape index (κ2) is 12.3. The maximum Gasteiger partial charge on any atom is 0.326 e. The van der Waals surface area contributed by atoms with Gasteiger partial charge in [0.2, 0.25) is 0 Å². The molecule has 1 fully saturated rings. The van der Waals surface area contributed by atoms with Crippen LogP contribution < -0.4 is 10.6 Å². The fraction of sp³-hybridized carbons (Fsp3) is 0.500. The van der Waals surface area contributed by atoms with Gasteiger partial charge in [0.15, 0.2) is 0 Å². The molecular weight excluding hydrogens is 468 g/mol. The van der Waals surface area contributed by atoms with Crippen LogP contribution in [0.15, 0.2) is 42.7 Å². The first kappa shape index (κ1) is 25.4. The largest absolute Gasteiger partial charge is 0.480 e. The number of pyridine rings is 1. The van der Waals surface area contributed by atoms with Gasteiger partial charge in [-0.05, 0) is 75.3 Å². The highest BCUT2D eigenvalue weighted by atomic mass is 16.5. The fourth-order valence-corrected chi connectivity index (χ4v) is 5.01. The third-order valence-electron chi connectivity index (χ3n) is 7.25. The van der Waals surface area contributed by atoms with Crippen molar-refractivity contribution in [2.24, 2.45) is 0 Å². The van der Waals surface area contributed by atoms with E-state index in [4.69, 9.17) is 9.72 Å². The summed E-state index contributed by atoms with van der Waals surface area (Å²) in [7, 11) is 0. The first-order valence-electron chi connectivity index (χ1n) is 13.4. The number of para-hydroxylation sites is 1. The number of benzene rings is 1. The van der Waals surface area contributed by atoms with E-state index < -0.39 is 12.0 Å². The van der Waals surface area contributed by atoms with Crippen molar-refractivity contribution in [1.82, 2.24) is 19.9 Å². The molecule has 0 bridgehead atoms. The molecule has 1 unspecified atom stereocenters. The lowest BCUT2D eigenvalue weighted by atomic mass is 10.1. The van der Waals surface area contributed by atoms with Crippen LogP contribution in [-0.4, -0.2) is 75.9 Å². The highest BCUT2D eigenvalue weighted by molar-refractivity contribution is 5.90. The topological polar surface area (TPSA) is 112 Å². The van der Waals surface area contributed by atoms with Crippen LogP contribution in [-0.2, 0) is 22.4 Å². The van der Waals surface area contributed by atoms with E-state index in [1.165, 1.54) is 18.3 Å². The number of hydrogen-bond donors (Lipinski definition) is 3. The van der Waals surface area contributed by atoms with Gasteiger partial charge in [-0.25, -0.2) is 19.7 Å². The van der Waals surface area contributed by atoms with E-state index in [-0.39, 0.29) is 6.10 Å². The number of unbranched alkanes of at least 4 members (excludes halogenated alkanes) is 1. The zero-order valence-electron chi connectivity index (χ0n) is 21.2. The summed E-state index contributed by atoms with van der Waals surface area (Å²) in [5.74, 6) is 0.727. The standard InChI is InChI=1S/C28H36N6O3/c35-28(36)25(33-27-23-8-1-2-9-24(23)30-19-31-27)12-16-34(18-22-13-17-37-22)15-4-3-7-21-11-10-20-6-5-14-29-26(20)32-21/h1-2,8-11,19,22,25H,3-7,12-18H2,(H,29,32)(H,35,36)(H,30,31,33)/t22?,25-/m0/s1. The number of aryl methyl sites for hydroxylation is 2. The molecule has 0 radical (unpaired) electrons. The third kappa shape index (κ3) is 6.72. The van der Waals surface area contributed by atoms with Crippen LogP contribution in [0, 0.1) is 0 Å². The van der Waals surface area contributed by atoms with Crippen molar-refractivity contribution in [2.75, 3.05) is 43.4 Å². The van der Waals surface area contributed by atoms with E-state index in [1.54, 1.807) is 0 Å². The number of hydrogen-bond acceptors (Lipinski definition) is 8. The number of nitrogens with one attached hydrogen (secondary N) is 2. The Morgan fingerprint density at radius 2 is 2.08 bits per heavy atom. The number of ether oxygens (including phenoxy) is 1. The molecule has 3 aromatic rings. The van der Waals surface area contributed by atoms with Crippen LogP contribution in [0.25, 0.3) is 10.9 Å². The minimum atomic E-state index is -0.880. The fourth-order valence-electron chi connectivity index (χ4n) is 5.01. The van der Waals surface area contributed by atoms with E-state index in [2.05, 4.69) is 37.6 Å². The van der Waals surface area contributed by atoms with E-state index in [0.717, 1.165) is 80.8 Å². The second-order valence-electron chi connectivity index (χ2n) is 9.94. The molecule has 0 amide bonds. The summed E-state index contributed by atoms with van der Waals surface area (Å²) in [5.41, 5.74) is 3.24. The molecule has 0 spiro atoms. The summed E-state index contributed by atoms with van der Waals surface area (Å²) in [4.78, 5) is 27.8. The number of anilines is 2. The van der Waals surface area contributed by atoms with Crippen LogP contribution in [0.3, 0.4) is 0 Å². The number of nitrogens with zero attached hydrogens (tertiary/aromatic N) is 4. The number of carboxylic acid groups (broad SMARTS) is 1. The van der Waals surface area contributed by atoms with Crippen molar-refractivity contribution >= 4 is 28.5 Å². The molecule has 0 aliphatic carbocycles. The number of aromatic nitrogens is 3. The van der Waals surface area contributed by atoms with Crippen LogP contribution in [0.5, 0.6) is 0 Å². The summed E-state index contributed by atoms with van der Waals surface area (Å²) in [6, 6.07) is 11.3. The van der Waals surface area contributed by atoms with Gasteiger partial charge in [0.1, 0.15) is 24.0 Å². The molecule has 2 aliphatic heterocycles. The molecule has 2 atom stereocenters. The Hall–Kier alpha value is -3.30. The van der Waals surface area contributed by atoms with E-state index in [9.17, 15) is 9.90 Å². The SMILES string of the molecule is O=C(O)[C@H](CCN(CCCCc1ccc2c(n1)NCCC2)CC1CCO1)Nc1ncnc2ccccc12. The van der Waals surface area contributed by atoms with Gasteiger partial charge in [-0.2, -0.15) is 0 Å². The lowest BCUT2D eigenvalue weighted by molar-refractivity contribution is -0.138. The van der Waals surface area contributed by atoms with Gasteiger partial charge in [-0.3, -0.25) is 0 Å². The zero-order chi connectivity index (χ0) is 25.5. The summed E-state index contributed by atoms with van der Waals surface area (Å²) in [6.07, 6.45) is 8.54. The van der Waals surface area contributed by atoms with E-state index in [1.807, 2.05) is 24.3 Å². The van der Waals surface area contributed by atoms with Gasteiger partial charge in [-0.15, -0.1) is 0 Å². The highest BCUT2D eigenvalue weighted by Gasteiger charge is 2.24. The van der Waals surface area contributed by atoms with Crippen LogP contribution in [0.4, 0.5) is 11.6 Å². The molecule has 3 N–H and O–H groups in total. The molecule has 196 valence electrons. The van der Waals surface area contributed by atoms with Crippen molar-refractivity contribution < 1.29 is 14.6 Å². The van der Waals surface area contributed by atoms with Gasteiger partial charge in [0.05, 0.1) is 11.6 Å². The van der Waals surface area contributed by atoms with Crippen LogP contribution >= 0.6 is 0 Å². The smallest absolute Gasteiger partial charge is 0.326 e. The Balaban J connectivity index is 1.15. The van der Waals surface area contributed by atoms with Crippen molar-refractivity contribution in [3.8, 4) is 0 Å². The molecule has 2 aliphatic rings. The third-order valence-corrected chi connectivity index (χ3v) is 7.25. The monoisotopic (exact) mass is 504 g/mol. The molecule has 5 rings (SSSR count). The Morgan fingerprint density at radius 3 is 2.92 bits per heavy atom. The average molecular weight is 505 g/mol. The van der Waals surface area contributed by atoms with Gasteiger partial charge >= 0.3 is 5.97 Å². The Bertz CT molecular complexity index is 1200. The minimum Gasteiger partial charge on any atom is -0.480 e. The molecule has 9 heteroatoms. The maximum atomic E-state index is 12.1. The molecule has 1 saturated heterocycles. The highest BCUT2D eigenvalue weighted by Crippen LogP contribution is 2.22. The van der Waals surface area contributed by atoms with Gasteiger partial charge in [0, 0.05) is 37.3 Å². The molecule has 9 nitrogen and oxygen atoms in total. The number of carboxylic acids is 1. The molecule has 2 aromatic heterocycles. The average Bonchev–Trinajstić information content (AvgIpc) is 2.90. The first-order valence-corrected chi connectivity index (χ1v) is 13.4. The molecule has 37 heavy (non-hydrogen) atoms. The van der Waals surface area contributed by atoms with Crippen molar-refractivity contribution in [2.45, 2.75) is 57.1 Å². The maximum absolute atomic E-state index is 12.1. The first-order chi connectivity index (χ1) is 18.2. The summed E-state index contributed by atoms with van der Waals surface area (Å²) >= 11 is 0. The Morgan fingerprint density at radius 1 is 1.19 bits per heavy atom. The van der Waals surface area contributed by atoms with Crippen molar-refractivity contribution in [3.63, 3.8) is 0 Å².